The molecule has 0 N–H and O–H groups in total. The Hall–Kier alpha value is -2.49. The van der Waals surface area contributed by atoms with E-state index in [-0.39, 0.29) is 12.6 Å². The van der Waals surface area contributed by atoms with Crippen molar-refractivity contribution in [1.29, 1.82) is 0 Å². The van der Waals surface area contributed by atoms with Crippen molar-refractivity contribution < 1.29 is 14.3 Å². The van der Waals surface area contributed by atoms with Gasteiger partial charge in [0.1, 0.15) is 5.75 Å². The maximum absolute atomic E-state index is 11.6. The first-order chi connectivity index (χ1) is 15.1. The number of ether oxygens (including phenoxy) is 2. The van der Waals surface area contributed by atoms with E-state index < -0.39 is 0 Å². The number of hydrogen-bond donors (Lipinski definition) is 0. The molecule has 2 aromatic rings. The standard InChI is InChI=1S/C25H33NO3.C2H6/c1-5-7-8-11-19(6-2)16-26-18(3)14-22-23(29-17-24(27)28-4)15-20-12-9-10-13-21(20)25(22)26;1-2/h5-6,14-15H,1,7-13,16-17H2,2-4H3;1-2H3/b19-6+;. The number of aromatic nitrogens is 1. The van der Waals surface area contributed by atoms with E-state index in [0.717, 1.165) is 49.8 Å². The van der Waals surface area contributed by atoms with E-state index in [4.69, 9.17) is 9.47 Å². The summed E-state index contributed by atoms with van der Waals surface area (Å²) in [6.45, 7) is 13.0. The second-order valence-electron chi connectivity index (χ2n) is 7.85. The monoisotopic (exact) mass is 425 g/mol. The molecular formula is C27H39NO3. The van der Waals surface area contributed by atoms with Gasteiger partial charge in [0.2, 0.25) is 0 Å². The molecule has 31 heavy (non-hydrogen) atoms. The predicted octanol–water partition coefficient (Wildman–Crippen LogP) is 6.71. The number of unbranched alkanes of at least 4 members (excludes halogenated alkanes) is 1. The fourth-order valence-corrected chi connectivity index (χ4v) is 4.29. The highest BCUT2D eigenvalue weighted by atomic mass is 16.6. The molecule has 0 fully saturated rings. The van der Waals surface area contributed by atoms with Crippen molar-refractivity contribution >= 4 is 16.9 Å². The van der Waals surface area contributed by atoms with E-state index in [1.807, 2.05) is 19.9 Å². The molecule has 0 radical (unpaired) electrons. The van der Waals surface area contributed by atoms with Crippen LogP contribution in [-0.2, 0) is 28.9 Å². The number of carbonyl (C=O) groups excluding carboxylic acids is 1. The van der Waals surface area contributed by atoms with Gasteiger partial charge in [0.15, 0.2) is 6.61 Å². The first kappa shape index (κ1) is 24.8. The van der Waals surface area contributed by atoms with Gasteiger partial charge in [-0.3, -0.25) is 0 Å². The fraction of sp³-hybridized carbons (Fsp3) is 0.519. The summed E-state index contributed by atoms with van der Waals surface area (Å²) in [6, 6.07) is 4.35. The van der Waals surface area contributed by atoms with E-state index in [9.17, 15) is 4.79 Å². The minimum absolute atomic E-state index is 0.0592. The Morgan fingerprint density at radius 2 is 1.97 bits per heavy atom. The molecule has 0 saturated carbocycles. The second kappa shape index (κ2) is 12.4. The zero-order valence-corrected chi connectivity index (χ0v) is 20.1. The van der Waals surface area contributed by atoms with Gasteiger partial charge in [-0.05, 0) is 82.1 Å². The molecular weight excluding hydrogens is 386 g/mol. The van der Waals surface area contributed by atoms with E-state index in [1.165, 1.54) is 47.9 Å². The van der Waals surface area contributed by atoms with Crippen LogP contribution in [0.3, 0.4) is 0 Å². The predicted molar refractivity (Wildman–Crippen MR) is 130 cm³/mol. The van der Waals surface area contributed by atoms with Crippen LogP contribution in [0.1, 0.15) is 69.7 Å². The second-order valence-corrected chi connectivity index (χ2v) is 7.85. The molecule has 1 aromatic heterocycles. The smallest absolute Gasteiger partial charge is 0.343 e. The summed E-state index contributed by atoms with van der Waals surface area (Å²) in [6.07, 6.45) is 12.1. The minimum atomic E-state index is -0.356. The number of nitrogens with zero attached hydrogens (tertiary/aromatic N) is 1. The maximum atomic E-state index is 11.6. The quantitative estimate of drug-likeness (QED) is 0.255. The minimum Gasteiger partial charge on any atom is -0.481 e. The third kappa shape index (κ3) is 6.03. The molecule has 0 aliphatic heterocycles. The van der Waals surface area contributed by atoms with Gasteiger partial charge in [0.05, 0.1) is 12.6 Å². The molecule has 0 amide bonds. The number of hydrogen-bond acceptors (Lipinski definition) is 3. The largest absolute Gasteiger partial charge is 0.481 e. The third-order valence-corrected chi connectivity index (χ3v) is 5.92. The topological polar surface area (TPSA) is 40.5 Å². The van der Waals surface area contributed by atoms with Crippen LogP contribution in [0, 0.1) is 6.92 Å². The number of rotatable bonds is 9. The molecule has 1 aromatic carbocycles. The lowest BCUT2D eigenvalue weighted by atomic mass is 9.89. The van der Waals surface area contributed by atoms with Crippen molar-refractivity contribution in [3.63, 3.8) is 0 Å². The summed E-state index contributed by atoms with van der Waals surface area (Å²) in [5.41, 5.74) is 6.76. The highest BCUT2D eigenvalue weighted by molar-refractivity contribution is 5.92. The lowest BCUT2D eigenvalue weighted by Crippen LogP contribution is -2.14. The Morgan fingerprint density at radius 3 is 2.65 bits per heavy atom. The molecule has 0 unspecified atom stereocenters. The van der Waals surface area contributed by atoms with Crippen molar-refractivity contribution in [1.82, 2.24) is 4.57 Å². The SMILES string of the molecule is C=CCCC/C(=C\C)Cn1c(C)cc2c(OCC(=O)OC)cc3c(c21)CCCC3.CC. The molecule has 1 aliphatic carbocycles. The van der Waals surface area contributed by atoms with Gasteiger partial charge < -0.3 is 14.0 Å². The van der Waals surface area contributed by atoms with Crippen LogP contribution in [0.25, 0.3) is 10.9 Å². The average Bonchev–Trinajstić information content (AvgIpc) is 3.14. The average molecular weight is 426 g/mol. The van der Waals surface area contributed by atoms with E-state index in [1.54, 1.807) is 0 Å². The normalized spacial score (nSPS) is 13.3. The summed E-state index contributed by atoms with van der Waals surface area (Å²) in [7, 11) is 1.39. The zero-order valence-electron chi connectivity index (χ0n) is 20.1. The van der Waals surface area contributed by atoms with Gasteiger partial charge in [-0.2, -0.15) is 0 Å². The molecule has 1 heterocycles. The van der Waals surface area contributed by atoms with Crippen molar-refractivity contribution in [3.05, 3.63) is 53.3 Å². The highest BCUT2D eigenvalue weighted by Crippen LogP contribution is 2.38. The van der Waals surface area contributed by atoms with Crippen molar-refractivity contribution in [2.45, 2.75) is 79.2 Å². The van der Waals surface area contributed by atoms with Gasteiger partial charge in [-0.25, -0.2) is 4.79 Å². The zero-order chi connectivity index (χ0) is 22.8. The highest BCUT2D eigenvalue weighted by Gasteiger charge is 2.21. The Labute approximate surface area is 187 Å². The summed E-state index contributed by atoms with van der Waals surface area (Å²) in [5, 5.41) is 1.11. The Morgan fingerprint density at radius 1 is 1.23 bits per heavy atom. The van der Waals surface area contributed by atoms with Gasteiger partial charge in [-0.15, -0.1) is 6.58 Å². The Kier molecular flexibility index (Phi) is 9.90. The molecule has 0 saturated heterocycles. The first-order valence-corrected chi connectivity index (χ1v) is 11.7. The van der Waals surface area contributed by atoms with Crippen molar-refractivity contribution in [2.75, 3.05) is 13.7 Å². The van der Waals surface area contributed by atoms with Crippen LogP contribution in [-0.4, -0.2) is 24.3 Å². The molecule has 4 nitrogen and oxygen atoms in total. The maximum Gasteiger partial charge on any atom is 0.343 e. The van der Waals surface area contributed by atoms with Gasteiger partial charge in [0, 0.05) is 17.6 Å². The van der Waals surface area contributed by atoms with Gasteiger partial charge >= 0.3 is 5.97 Å². The van der Waals surface area contributed by atoms with Crippen LogP contribution < -0.4 is 4.74 Å². The number of methoxy groups -OCH3 is 1. The summed E-state index contributed by atoms with van der Waals surface area (Å²) in [5.74, 6) is 0.437. The first-order valence-electron chi connectivity index (χ1n) is 11.7. The third-order valence-electron chi connectivity index (χ3n) is 5.92. The summed E-state index contributed by atoms with van der Waals surface area (Å²) in [4.78, 5) is 11.6. The van der Waals surface area contributed by atoms with Crippen LogP contribution in [0.5, 0.6) is 5.75 Å². The van der Waals surface area contributed by atoms with E-state index in [2.05, 4.69) is 43.2 Å². The molecule has 3 rings (SSSR count). The van der Waals surface area contributed by atoms with Crippen LogP contribution in [0.2, 0.25) is 0 Å². The number of fused-ring (bicyclic) bond motifs is 3. The number of carbonyl (C=O) groups is 1. The van der Waals surface area contributed by atoms with Crippen LogP contribution in [0.15, 0.2) is 36.4 Å². The molecule has 4 heteroatoms. The lowest BCUT2D eigenvalue weighted by Gasteiger charge is -2.21. The lowest BCUT2D eigenvalue weighted by molar-refractivity contribution is -0.142. The van der Waals surface area contributed by atoms with Crippen LogP contribution >= 0.6 is 0 Å². The Bertz CT molecular complexity index is 920. The Balaban J connectivity index is 0.00000166. The summed E-state index contributed by atoms with van der Waals surface area (Å²) >= 11 is 0. The van der Waals surface area contributed by atoms with Crippen molar-refractivity contribution in [2.24, 2.45) is 0 Å². The number of esters is 1. The van der Waals surface area contributed by atoms with Gasteiger partial charge in [-0.1, -0.05) is 31.6 Å². The summed E-state index contributed by atoms with van der Waals surface area (Å²) < 4.78 is 13.1. The molecule has 0 atom stereocenters. The van der Waals surface area contributed by atoms with E-state index in [0.29, 0.717) is 0 Å². The van der Waals surface area contributed by atoms with Crippen molar-refractivity contribution in [3.8, 4) is 5.75 Å². The van der Waals surface area contributed by atoms with Crippen LogP contribution in [0.4, 0.5) is 0 Å². The number of allylic oxidation sites excluding steroid dienone is 3. The molecule has 0 bridgehead atoms. The fourth-order valence-electron chi connectivity index (χ4n) is 4.29. The molecule has 1 aliphatic rings. The van der Waals surface area contributed by atoms with E-state index >= 15 is 0 Å². The molecule has 170 valence electrons. The number of aryl methyl sites for hydroxylation is 3. The molecule has 0 spiro atoms. The number of benzene rings is 1. The van der Waals surface area contributed by atoms with Gasteiger partial charge in [0.25, 0.3) is 0 Å².